The lowest BCUT2D eigenvalue weighted by Crippen LogP contribution is -2.36. The van der Waals surface area contributed by atoms with E-state index in [1.54, 1.807) is 11.8 Å². The Bertz CT molecular complexity index is 625. The summed E-state index contributed by atoms with van der Waals surface area (Å²) in [5, 5.41) is 15.0. The van der Waals surface area contributed by atoms with Crippen molar-refractivity contribution in [3.63, 3.8) is 0 Å². The molecule has 0 spiro atoms. The standard InChI is InChI=1S/C17H24N2OS/c1-5-13-12(2)19-15-9-7-6-8-14(15)16(13)18-10-17(3,20)11-21-4/h6-9,20H,5,10-11H2,1-4H3,(H,18,19). The van der Waals surface area contributed by atoms with Gasteiger partial charge in [0.05, 0.1) is 11.1 Å². The molecule has 1 aromatic heterocycles. The molecule has 0 fully saturated rings. The summed E-state index contributed by atoms with van der Waals surface area (Å²) < 4.78 is 0. The van der Waals surface area contributed by atoms with Crippen LogP contribution < -0.4 is 5.32 Å². The first-order chi connectivity index (χ1) is 9.98. The first kappa shape index (κ1) is 16.1. The van der Waals surface area contributed by atoms with Crippen LogP contribution in [0.2, 0.25) is 0 Å². The minimum Gasteiger partial charge on any atom is -0.387 e. The number of anilines is 1. The zero-order chi connectivity index (χ0) is 15.5. The van der Waals surface area contributed by atoms with Crippen LogP contribution in [0, 0.1) is 6.92 Å². The van der Waals surface area contributed by atoms with Crippen molar-refractivity contribution in [2.45, 2.75) is 32.8 Å². The molecule has 1 unspecified atom stereocenters. The first-order valence-electron chi connectivity index (χ1n) is 7.32. The van der Waals surface area contributed by atoms with Crippen molar-refractivity contribution >= 4 is 28.4 Å². The van der Waals surface area contributed by atoms with Crippen molar-refractivity contribution in [2.24, 2.45) is 0 Å². The molecule has 0 aliphatic carbocycles. The molecule has 1 heterocycles. The van der Waals surface area contributed by atoms with Crippen molar-refractivity contribution in [3.05, 3.63) is 35.5 Å². The summed E-state index contributed by atoms with van der Waals surface area (Å²) in [6, 6.07) is 8.16. The van der Waals surface area contributed by atoms with Crippen LogP contribution in [-0.2, 0) is 6.42 Å². The highest BCUT2D eigenvalue weighted by molar-refractivity contribution is 7.98. The average molecular weight is 304 g/mol. The molecule has 1 aromatic carbocycles. The number of nitrogens with one attached hydrogen (secondary N) is 1. The molecule has 0 bridgehead atoms. The fraction of sp³-hybridized carbons (Fsp3) is 0.471. The number of pyridine rings is 1. The third-order valence-corrected chi connectivity index (χ3v) is 4.57. The minimum atomic E-state index is -0.720. The van der Waals surface area contributed by atoms with Crippen LogP contribution in [0.15, 0.2) is 24.3 Å². The van der Waals surface area contributed by atoms with E-state index in [0.717, 1.165) is 28.7 Å². The molecule has 0 aliphatic heterocycles. The quantitative estimate of drug-likeness (QED) is 0.855. The van der Waals surface area contributed by atoms with Crippen molar-refractivity contribution < 1.29 is 5.11 Å². The Morgan fingerprint density at radius 1 is 1.33 bits per heavy atom. The van der Waals surface area contributed by atoms with E-state index in [4.69, 9.17) is 0 Å². The van der Waals surface area contributed by atoms with Crippen LogP contribution in [-0.4, -0.2) is 34.2 Å². The highest BCUT2D eigenvalue weighted by atomic mass is 32.2. The van der Waals surface area contributed by atoms with E-state index in [0.29, 0.717) is 12.3 Å². The summed E-state index contributed by atoms with van der Waals surface area (Å²) in [4.78, 5) is 4.68. The van der Waals surface area contributed by atoms with Crippen molar-refractivity contribution in [2.75, 3.05) is 23.9 Å². The third kappa shape index (κ3) is 3.69. The molecule has 0 radical (unpaired) electrons. The molecule has 0 saturated heterocycles. The largest absolute Gasteiger partial charge is 0.387 e. The summed E-state index contributed by atoms with van der Waals surface area (Å²) in [7, 11) is 0. The van der Waals surface area contributed by atoms with E-state index < -0.39 is 5.60 Å². The van der Waals surface area contributed by atoms with Crippen LogP contribution in [0.1, 0.15) is 25.1 Å². The van der Waals surface area contributed by atoms with Crippen LogP contribution in [0.4, 0.5) is 5.69 Å². The number of aromatic nitrogens is 1. The maximum Gasteiger partial charge on any atom is 0.0880 e. The van der Waals surface area contributed by atoms with Crippen LogP contribution in [0.5, 0.6) is 0 Å². The first-order valence-corrected chi connectivity index (χ1v) is 8.71. The van der Waals surface area contributed by atoms with Gasteiger partial charge in [0, 0.05) is 29.1 Å². The number of fused-ring (bicyclic) bond motifs is 1. The molecular weight excluding hydrogens is 280 g/mol. The predicted molar refractivity (Wildman–Crippen MR) is 93.4 cm³/mol. The summed E-state index contributed by atoms with van der Waals surface area (Å²) >= 11 is 1.66. The van der Waals surface area contributed by atoms with Gasteiger partial charge in [0.15, 0.2) is 0 Å². The molecule has 0 aliphatic rings. The number of hydrogen-bond acceptors (Lipinski definition) is 4. The smallest absolute Gasteiger partial charge is 0.0880 e. The van der Waals surface area contributed by atoms with Gasteiger partial charge in [0.1, 0.15) is 0 Å². The molecule has 1 atom stereocenters. The number of para-hydroxylation sites is 1. The van der Waals surface area contributed by atoms with E-state index in [1.165, 1.54) is 5.56 Å². The van der Waals surface area contributed by atoms with E-state index in [1.807, 2.05) is 31.4 Å². The second-order valence-electron chi connectivity index (χ2n) is 5.70. The summed E-state index contributed by atoms with van der Waals surface area (Å²) in [6.07, 6.45) is 2.94. The van der Waals surface area contributed by atoms with Gasteiger partial charge in [-0.3, -0.25) is 4.98 Å². The Balaban J connectivity index is 2.41. The van der Waals surface area contributed by atoms with Gasteiger partial charge < -0.3 is 10.4 Å². The lowest BCUT2D eigenvalue weighted by Gasteiger charge is -2.25. The highest BCUT2D eigenvalue weighted by Crippen LogP contribution is 2.29. The summed E-state index contributed by atoms with van der Waals surface area (Å²) in [6.45, 7) is 6.60. The molecule has 4 heteroatoms. The van der Waals surface area contributed by atoms with Crippen LogP contribution >= 0.6 is 11.8 Å². The topological polar surface area (TPSA) is 45.2 Å². The Hall–Kier alpha value is -1.26. The summed E-state index contributed by atoms with van der Waals surface area (Å²) in [5.74, 6) is 0.712. The third-order valence-electron chi connectivity index (χ3n) is 3.65. The highest BCUT2D eigenvalue weighted by Gasteiger charge is 2.20. The molecule has 3 nitrogen and oxygen atoms in total. The van der Waals surface area contributed by atoms with Gasteiger partial charge in [-0.15, -0.1) is 0 Å². The molecule has 2 N–H and O–H groups in total. The maximum absolute atomic E-state index is 10.4. The fourth-order valence-corrected chi connectivity index (χ4v) is 3.37. The number of nitrogens with zero attached hydrogens (tertiary/aromatic N) is 1. The summed E-state index contributed by atoms with van der Waals surface area (Å²) in [5.41, 5.74) is 3.68. The molecule has 114 valence electrons. The van der Waals surface area contributed by atoms with Gasteiger partial charge in [0.2, 0.25) is 0 Å². The predicted octanol–water partition coefficient (Wildman–Crippen LogP) is 3.63. The second-order valence-corrected chi connectivity index (χ2v) is 6.57. The normalized spacial score (nSPS) is 14.1. The zero-order valence-corrected chi connectivity index (χ0v) is 14.0. The van der Waals surface area contributed by atoms with Crippen molar-refractivity contribution in [1.29, 1.82) is 0 Å². The molecule has 2 rings (SSSR count). The number of thioether (sulfide) groups is 1. The molecule has 0 amide bonds. The number of hydrogen-bond donors (Lipinski definition) is 2. The van der Waals surface area contributed by atoms with Gasteiger partial charge >= 0.3 is 0 Å². The van der Waals surface area contributed by atoms with E-state index in [2.05, 4.69) is 30.2 Å². The lowest BCUT2D eigenvalue weighted by molar-refractivity contribution is 0.0997. The van der Waals surface area contributed by atoms with Gasteiger partial charge in [-0.05, 0) is 38.2 Å². The van der Waals surface area contributed by atoms with Gasteiger partial charge in [-0.1, -0.05) is 25.1 Å². The Morgan fingerprint density at radius 2 is 2.05 bits per heavy atom. The second kappa shape index (κ2) is 6.67. The fourth-order valence-electron chi connectivity index (χ4n) is 2.65. The molecule has 21 heavy (non-hydrogen) atoms. The van der Waals surface area contributed by atoms with E-state index in [-0.39, 0.29) is 0 Å². The Kier molecular flexibility index (Phi) is 5.12. The number of benzene rings is 1. The number of aryl methyl sites for hydroxylation is 1. The van der Waals surface area contributed by atoms with E-state index in [9.17, 15) is 5.11 Å². The monoisotopic (exact) mass is 304 g/mol. The molecule has 2 aromatic rings. The molecule has 0 saturated carbocycles. The Labute approximate surface area is 131 Å². The van der Waals surface area contributed by atoms with Crippen molar-refractivity contribution in [1.82, 2.24) is 4.98 Å². The zero-order valence-electron chi connectivity index (χ0n) is 13.2. The Morgan fingerprint density at radius 3 is 2.71 bits per heavy atom. The van der Waals surface area contributed by atoms with Crippen LogP contribution in [0.3, 0.4) is 0 Å². The number of rotatable bonds is 6. The van der Waals surface area contributed by atoms with Gasteiger partial charge in [-0.25, -0.2) is 0 Å². The SMILES string of the molecule is CCc1c(C)nc2ccccc2c1NCC(C)(O)CSC. The maximum atomic E-state index is 10.4. The molecular formula is C17H24N2OS. The average Bonchev–Trinajstić information content (AvgIpc) is 2.44. The van der Waals surface area contributed by atoms with E-state index >= 15 is 0 Å². The lowest BCUT2D eigenvalue weighted by atomic mass is 10.0. The van der Waals surface area contributed by atoms with Gasteiger partial charge in [0.25, 0.3) is 0 Å². The number of aliphatic hydroxyl groups is 1. The van der Waals surface area contributed by atoms with Crippen LogP contribution in [0.25, 0.3) is 10.9 Å². The van der Waals surface area contributed by atoms with Gasteiger partial charge in [-0.2, -0.15) is 11.8 Å². The minimum absolute atomic E-state index is 0.536. The van der Waals surface area contributed by atoms with Crippen molar-refractivity contribution in [3.8, 4) is 0 Å².